The molecule has 1 aromatic carbocycles. The third-order valence-electron chi connectivity index (χ3n) is 3.54. The Morgan fingerprint density at radius 3 is 2.21 bits per heavy atom. The second-order valence-corrected chi connectivity index (χ2v) is 7.60. The molecule has 2 rings (SSSR count). The van der Waals surface area contributed by atoms with Gasteiger partial charge in [0.2, 0.25) is 0 Å². The number of benzene rings is 1. The van der Waals surface area contributed by atoms with Gasteiger partial charge in [-0.2, -0.15) is 0 Å². The number of hydrogen-bond donors (Lipinski definition) is 0. The van der Waals surface area contributed by atoms with Crippen molar-refractivity contribution < 1.29 is 18.1 Å². The van der Waals surface area contributed by atoms with E-state index in [9.17, 15) is 23.3 Å². The number of carbonyl (C=O) groups excluding carboxylic acids is 1. The molecule has 1 aliphatic heterocycles. The number of amides is 1. The maximum absolute atomic E-state index is 12.6. The highest BCUT2D eigenvalue weighted by molar-refractivity contribution is 7.91. The largest absolute Gasteiger partial charge is 0.377 e. The molecule has 0 spiro atoms. The number of rotatable bonds is 3. The predicted molar refractivity (Wildman–Crippen MR) is 93.3 cm³/mol. The Bertz CT molecular complexity index is 702. The molecule has 0 atom stereocenters. The molecule has 1 amide bonds. The zero-order chi connectivity index (χ0) is 18.5. The maximum Gasteiger partial charge on any atom is 0.271 e. The molecule has 24 heavy (non-hydrogen) atoms. The second kappa shape index (κ2) is 8.09. The summed E-state index contributed by atoms with van der Waals surface area (Å²) in [6.45, 7) is 4.29. The second-order valence-electron chi connectivity index (χ2n) is 5.30. The number of anilines is 1. The lowest BCUT2D eigenvalue weighted by molar-refractivity contribution is -0.384. The van der Waals surface area contributed by atoms with Crippen LogP contribution >= 0.6 is 0 Å². The Labute approximate surface area is 142 Å². The molecule has 0 saturated carbocycles. The van der Waals surface area contributed by atoms with Gasteiger partial charge >= 0.3 is 0 Å². The van der Waals surface area contributed by atoms with E-state index in [1.54, 1.807) is 19.0 Å². The van der Waals surface area contributed by atoms with Gasteiger partial charge in [-0.25, -0.2) is 8.42 Å². The van der Waals surface area contributed by atoms with Gasteiger partial charge in [-0.1, -0.05) is 13.8 Å². The summed E-state index contributed by atoms with van der Waals surface area (Å²) in [5, 5.41) is 10.9. The first kappa shape index (κ1) is 19.9. The van der Waals surface area contributed by atoms with E-state index < -0.39 is 14.8 Å². The summed E-state index contributed by atoms with van der Waals surface area (Å²) in [7, 11) is 0.313. The van der Waals surface area contributed by atoms with Gasteiger partial charge in [0.1, 0.15) is 0 Å². The molecule has 9 heteroatoms. The first-order chi connectivity index (χ1) is 11.2. The average Bonchev–Trinajstić information content (AvgIpc) is 2.55. The van der Waals surface area contributed by atoms with Gasteiger partial charge < -0.3 is 9.80 Å². The zero-order valence-corrected chi connectivity index (χ0v) is 15.2. The molecule has 1 aromatic rings. The molecule has 1 saturated heterocycles. The highest BCUT2D eigenvalue weighted by atomic mass is 32.2. The minimum absolute atomic E-state index is 0.0526. The van der Waals surface area contributed by atoms with Gasteiger partial charge in [-0.15, -0.1) is 0 Å². The molecule has 0 aliphatic carbocycles. The van der Waals surface area contributed by atoms with Crippen LogP contribution in [0.15, 0.2) is 18.2 Å². The molecule has 1 heterocycles. The number of sulfone groups is 1. The SMILES string of the molecule is CC.CN(C)c1cc([N+](=O)[O-])ccc1C(=O)N1CCS(=O)(=O)CC1. The predicted octanol–water partition coefficient (Wildman–Crippen LogP) is 1.56. The first-order valence-corrected chi connectivity index (χ1v) is 9.49. The maximum atomic E-state index is 12.6. The third kappa shape index (κ3) is 4.67. The highest BCUT2D eigenvalue weighted by Crippen LogP contribution is 2.26. The molecule has 0 N–H and O–H groups in total. The normalized spacial score (nSPS) is 15.9. The Balaban J connectivity index is 0.00000139. The fraction of sp³-hybridized carbons (Fsp3) is 0.533. The van der Waals surface area contributed by atoms with Crippen molar-refractivity contribution in [3.05, 3.63) is 33.9 Å². The lowest BCUT2D eigenvalue weighted by Gasteiger charge is -2.28. The quantitative estimate of drug-likeness (QED) is 0.601. The van der Waals surface area contributed by atoms with Crippen LogP contribution in [-0.2, 0) is 9.84 Å². The number of nitrogens with zero attached hydrogens (tertiary/aromatic N) is 3. The fourth-order valence-electron chi connectivity index (χ4n) is 2.27. The van der Waals surface area contributed by atoms with Crippen molar-refractivity contribution in [2.24, 2.45) is 0 Å². The zero-order valence-electron chi connectivity index (χ0n) is 14.4. The van der Waals surface area contributed by atoms with Crippen molar-refractivity contribution in [2.75, 3.05) is 43.6 Å². The molecular formula is C15H23N3O5S. The monoisotopic (exact) mass is 357 g/mol. The van der Waals surface area contributed by atoms with Crippen molar-refractivity contribution in [3.63, 3.8) is 0 Å². The van der Waals surface area contributed by atoms with Gasteiger partial charge in [-0.05, 0) is 6.07 Å². The Morgan fingerprint density at radius 2 is 1.75 bits per heavy atom. The minimum atomic E-state index is -3.07. The number of non-ortho nitro benzene ring substituents is 1. The molecule has 0 radical (unpaired) electrons. The molecular weight excluding hydrogens is 334 g/mol. The van der Waals surface area contributed by atoms with Crippen LogP contribution < -0.4 is 4.90 Å². The molecule has 0 aromatic heterocycles. The summed E-state index contributed by atoms with van der Waals surface area (Å²) >= 11 is 0. The first-order valence-electron chi connectivity index (χ1n) is 7.67. The summed E-state index contributed by atoms with van der Waals surface area (Å²) in [6, 6.07) is 4.04. The molecule has 0 unspecified atom stereocenters. The van der Waals surface area contributed by atoms with Crippen LogP contribution in [0.5, 0.6) is 0 Å². The van der Waals surface area contributed by atoms with Crippen molar-refractivity contribution in [3.8, 4) is 0 Å². The summed E-state index contributed by atoms with van der Waals surface area (Å²) in [6.07, 6.45) is 0. The topological polar surface area (TPSA) is 101 Å². The fourth-order valence-corrected chi connectivity index (χ4v) is 3.47. The average molecular weight is 357 g/mol. The van der Waals surface area contributed by atoms with Gasteiger partial charge in [0.25, 0.3) is 11.6 Å². The summed E-state index contributed by atoms with van der Waals surface area (Å²) in [5.74, 6) is -0.417. The lowest BCUT2D eigenvalue weighted by Crippen LogP contribution is -2.44. The molecule has 134 valence electrons. The molecule has 1 aliphatic rings. The van der Waals surface area contributed by atoms with E-state index in [4.69, 9.17) is 0 Å². The summed E-state index contributed by atoms with van der Waals surface area (Å²) in [5.41, 5.74) is 0.670. The van der Waals surface area contributed by atoms with Gasteiger partial charge in [0.05, 0.1) is 27.7 Å². The van der Waals surface area contributed by atoms with Crippen LogP contribution in [0.2, 0.25) is 0 Å². The highest BCUT2D eigenvalue weighted by Gasteiger charge is 2.28. The van der Waals surface area contributed by atoms with Crippen molar-refractivity contribution in [2.45, 2.75) is 13.8 Å². The van der Waals surface area contributed by atoms with E-state index in [-0.39, 0.29) is 36.2 Å². The van der Waals surface area contributed by atoms with Crippen LogP contribution in [0.25, 0.3) is 0 Å². The number of nitro groups is 1. The van der Waals surface area contributed by atoms with Crippen molar-refractivity contribution in [1.82, 2.24) is 4.90 Å². The Kier molecular flexibility index (Phi) is 6.70. The van der Waals surface area contributed by atoms with Crippen LogP contribution in [0, 0.1) is 10.1 Å². The molecule has 8 nitrogen and oxygen atoms in total. The van der Waals surface area contributed by atoms with E-state index in [0.717, 1.165) is 0 Å². The van der Waals surface area contributed by atoms with Crippen molar-refractivity contribution >= 4 is 27.1 Å². The van der Waals surface area contributed by atoms with E-state index in [0.29, 0.717) is 11.3 Å². The van der Waals surface area contributed by atoms with Gasteiger partial charge in [0, 0.05) is 39.3 Å². The Morgan fingerprint density at radius 1 is 1.21 bits per heavy atom. The van der Waals surface area contributed by atoms with Crippen LogP contribution in [-0.4, -0.2) is 62.8 Å². The number of carbonyl (C=O) groups is 1. The van der Waals surface area contributed by atoms with Crippen LogP contribution in [0.3, 0.4) is 0 Å². The minimum Gasteiger partial charge on any atom is -0.377 e. The van der Waals surface area contributed by atoms with Crippen LogP contribution in [0.4, 0.5) is 11.4 Å². The number of nitro benzene ring substituents is 1. The van der Waals surface area contributed by atoms with Gasteiger partial charge in [-0.3, -0.25) is 14.9 Å². The van der Waals surface area contributed by atoms with Crippen molar-refractivity contribution in [1.29, 1.82) is 0 Å². The van der Waals surface area contributed by atoms with Gasteiger partial charge in [0.15, 0.2) is 9.84 Å². The van der Waals surface area contributed by atoms with E-state index in [1.807, 2.05) is 13.8 Å². The van der Waals surface area contributed by atoms with E-state index in [2.05, 4.69) is 0 Å². The van der Waals surface area contributed by atoms with E-state index >= 15 is 0 Å². The van der Waals surface area contributed by atoms with Crippen LogP contribution in [0.1, 0.15) is 24.2 Å². The molecule has 1 fully saturated rings. The number of hydrogen-bond acceptors (Lipinski definition) is 6. The molecule has 0 bridgehead atoms. The third-order valence-corrected chi connectivity index (χ3v) is 5.15. The summed E-state index contributed by atoms with van der Waals surface area (Å²) in [4.78, 5) is 26.0. The standard InChI is InChI=1S/C13H17N3O5S.C2H6/c1-14(2)12-9-10(16(18)19)3-4-11(12)13(17)15-5-7-22(20,21)8-6-15;1-2/h3-4,9H,5-8H2,1-2H3;1-2H3. The van der Waals surface area contributed by atoms with E-state index in [1.165, 1.54) is 23.1 Å². The Hall–Kier alpha value is -2.16. The lowest BCUT2D eigenvalue weighted by atomic mass is 10.1. The summed E-state index contributed by atoms with van der Waals surface area (Å²) < 4.78 is 22.9. The smallest absolute Gasteiger partial charge is 0.271 e.